The summed E-state index contributed by atoms with van der Waals surface area (Å²) >= 11 is 7.36. The van der Waals surface area contributed by atoms with Crippen molar-refractivity contribution in [3.63, 3.8) is 0 Å². The number of aromatic nitrogens is 1. The number of halogens is 2. The molecule has 2 aromatic rings. The van der Waals surface area contributed by atoms with E-state index in [2.05, 4.69) is 16.9 Å². The van der Waals surface area contributed by atoms with Gasteiger partial charge in [-0.1, -0.05) is 29.8 Å². The molecule has 108 valence electrons. The number of hydrogen-bond acceptors (Lipinski definition) is 3. The van der Waals surface area contributed by atoms with Crippen molar-refractivity contribution in [2.45, 2.75) is 4.90 Å². The van der Waals surface area contributed by atoms with Gasteiger partial charge in [-0.3, -0.25) is 4.79 Å². The molecule has 1 amide bonds. The lowest BCUT2D eigenvalue weighted by atomic mass is 10.2. The van der Waals surface area contributed by atoms with Crippen molar-refractivity contribution in [1.29, 1.82) is 0 Å². The molecule has 1 N–H and O–H groups in total. The molecular formula is C15H12ClFN2OS. The molecule has 0 bridgehead atoms. The molecule has 0 aliphatic carbocycles. The fraction of sp³-hybridized carbons (Fsp3) is 0.0667. The third kappa shape index (κ3) is 4.06. The summed E-state index contributed by atoms with van der Waals surface area (Å²) < 4.78 is 13.2. The second kappa shape index (κ2) is 7.24. The van der Waals surface area contributed by atoms with E-state index in [-0.39, 0.29) is 10.7 Å². The third-order valence-electron chi connectivity index (χ3n) is 2.54. The second-order valence-electron chi connectivity index (χ2n) is 4.04. The summed E-state index contributed by atoms with van der Waals surface area (Å²) in [5.74, 6) is -0.396. The molecule has 0 spiro atoms. The number of para-hydroxylation sites is 1. The number of amides is 1. The van der Waals surface area contributed by atoms with Gasteiger partial charge in [0.1, 0.15) is 11.0 Å². The maximum absolute atomic E-state index is 13.2. The van der Waals surface area contributed by atoms with Crippen LogP contribution in [-0.2, 0) is 0 Å². The summed E-state index contributed by atoms with van der Waals surface area (Å²) in [6.45, 7) is 3.66. The van der Waals surface area contributed by atoms with Gasteiger partial charge in [-0.05, 0) is 18.2 Å². The van der Waals surface area contributed by atoms with Crippen LogP contribution in [0, 0.1) is 5.82 Å². The van der Waals surface area contributed by atoms with Crippen molar-refractivity contribution >= 4 is 35.0 Å². The highest BCUT2D eigenvalue weighted by Crippen LogP contribution is 2.27. The number of hydrogen-bond donors (Lipinski definition) is 1. The van der Waals surface area contributed by atoms with Gasteiger partial charge in [-0.2, -0.15) is 0 Å². The van der Waals surface area contributed by atoms with Gasteiger partial charge in [0.15, 0.2) is 0 Å². The van der Waals surface area contributed by atoms with E-state index in [9.17, 15) is 9.18 Å². The first kappa shape index (κ1) is 15.5. The highest BCUT2D eigenvalue weighted by atomic mass is 35.5. The van der Waals surface area contributed by atoms with Crippen molar-refractivity contribution in [3.8, 4) is 0 Å². The van der Waals surface area contributed by atoms with Crippen LogP contribution in [0.2, 0.25) is 5.15 Å². The van der Waals surface area contributed by atoms with Gasteiger partial charge in [0.25, 0.3) is 5.91 Å². The zero-order valence-corrected chi connectivity index (χ0v) is 12.5. The normalized spacial score (nSPS) is 10.2. The predicted octanol–water partition coefficient (Wildman–Crippen LogP) is 4.40. The topological polar surface area (TPSA) is 42.0 Å². The third-order valence-corrected chi connectivity index (χ3v) is 3.91. The summed E-state index contributed by atoms with van der Waals surface area (Å²) in [6.07, 6.45) is 2.74. The van der Waals surface area contributed by atoms with Crippen LogP contribution in [0.4, 0.5) is 10.1 Å². The lowest BCUT2D eigenvalue weighted by Gasteiger charge is -2.10. The van der Waals surface area contributed by atoms with Crippen LogP contribution in [0.5, 0.6) is 0 Å². The average molecular weight is 323 g/mol. The van der Waals surface area contributed by atoms with E-state index in [4.69, 9.17) is 11.6 Å². The van der Waals surface area contributed by atoms with Crippen LogP contribution in [0.3, 0.4) is 0 Å². The van der Waals surface area contributed by atoms with Crippen molar-refractivity contribution in [2.75, 3.05) is 11.1 Å². The van der Waals surface area contributed by atoms with Crippen molar-refractivity contribution in [1.82, 2.24) is 4.98 Å². The van der Waals surface area contributed by atoms with Gasteiger partial charge in [0, 0.05) is 10.6 Å². The number of nitrogens with zero attached hydrogens (tertiary/aromatic N) is 1. The standard InChI is InChI=1S/C15H12ClFN2OS/c1-2-7-21-13-6-4-3-5-12(13)19-15(20)11-8-10(17)9-18-14(11)16/h2-6,8-9H,1,7H2,(H,19,20). The number of thioether (sulfide) groups is 1. The number of pyridine rings is 1. The summed E-state index contributed by atoms with van der Waals surface area (Å²) in [5, 5.41) is 2.68. The van der Waals surface area contributed by atoms with Gasteiger partial charge in [0.2, 0.25) is 0 Å². The minimum absolute atomic E-state index is 0.000176. The SMILES string of the molecule is C=CCSc1ccccc1NC(=O)c1cc(F)cnc1Cl. The zero-order valence-electron chi connectivity index (χ0n) is 11.0. The summed E-state index contributed by atoms with van der Waals surface area (Å²) in [6, 6.07) is 8.39. The number of carbonyl (C=O) groups is 1. The molecule has 1 heterocycles. The Morgan fingerprint density at radius 3 is 3.00 bits per heavy atom. The number of rotatable bonds is 5. The van der Waals surface area contributed by atoms with E-state index in [1.54, 1.807) is 18.2 Å². The van der Waals surface area contributed by atoms with E-state index in [1.807, 2.05) is 12.1 Å². The first-order valence-corrected chi connectivity index (χ1v) is 7.43. The minimum atomic E-state index is -0.612. The molecule has 21 heavy (non-hydrogen) atoms. The molecule has 1 aromatic carbocycles. The largest absolute Gasteiger partial charge is 0.321 e. The fourth-order valence-electron chi connectivity index (χ4n) is 1.62. The van der Waals surface area contributed by atoms with Gasteiger partial charge in [0.05, 0.1) is 17.4 Å². The van der Waals surface area contributed by atoms with Crippen LogP contribution in [0.25, 0.3) is 0 Å². The van der Waals surface area contributed by atoms with Gasteiger partial charge in [-0.25, -0.2) is 9.37 Å². The molecule has 3 nitrogen and oxygen atoms in total. The molecule has 0 aliphatic rings. The Labute approximate surface area is 131 Å². The number of anilines is 1. The van der Waals surface area contributed by atoms with E-state index in [1.165, 1.54) is 11.8 Å². The Hall–Kier alpha value is -1.85. The first-order chi connectivity index (χ1) is 10.1. The molecule has 0 saturated heterocycles. The molecule has 2 rings (SSSR count). The van der Waals surface area contributed by atoms with E-state index in [0.29, 0.717) is 5.69 Å². The van der Waals surface area contributed by atoms with Gasteiger partial charge < -0.3 is 5.32 Å². The molecule has 0 aliphatic heterocycles. The zero-order chi connectivity index (χ0) is 15.2. The molecule has 0 atom stereocenters. The van der Waals surface area contributed by atoms with Crippen molar-refractivity contribution < 1.29 is 9.18 Å². The van der Waals surface area contributed by atoms with E-state index >= 15 is 0 Å². The molecule has 1 aromatic heterocycles. The fourth-order valence-corrected chi connectivity index (χ4v) is 2.55. The molecule has 0 unspecified atom stereocenters. The molecule has 6 heteroatoms. The molecule has 0 fully saturated rings. The van der Waals surface area contributed by atoms with Crippen LogP contribution < -0.4 is 5.32 Å². The Morgan fingerprint density at radius 1 is 1.48 bits per heavy atom. The molecule has 0 saturated carbocycles. The van der Waals surface area contributed by atoms with E-state index in [0.717, 1.165) is 22.9 Å². The van der Waals surface area contributed by atoms with Crippen LogP contribution in [0.1, 0.15) is 10.4 Å². The summed E-state index contributed by atoms with van der Waals surface area (Å²) in [5.41, 5.74) is 0.634. The van der Waals surface area contributed by atoms with Gasteiger partial charge in [-0.15, -0.1) is 18.3 Å². The molecular weight excluding hydrogens is 311 g/mol. The predicted molar refractivity (Wildman–Crippen MR) is 84.5 cm³/mol. The Bertz CT molecular complexity index is 678. The Kier molecular flexibility index (Phi) is 5.36. The van der Waals surface area contributed by atoms with E-state index < -0.39 is 11.7 Å². The average Bonchev–Trinajstić information content (AvgIpc) is 2.48. The highest BCUT2D eigenvalue weighted by molar-refractivity contribution is 7.99. The Morgan fingerprint density at radius 2 is 2.24 bits per heavy atom. The van der Waals surface area contributed by atoms with Crippen LogP contribution in [0.15, 0.2) is 54.1 Å². The number of benzene rings is 1. The van der Waals surface area contributed by atoms with Crippen molar-refractivity contribution in [3.05, 3.63) is 65.7 Å². The Balaban J connectivity index is 2.23. The van der Waals surface area contributed by atoms with Crippen LogP contribution in [-0.4, -0.2) is 16.6 Å². The number of carbonyl (C=O) groups excluding carboxylic acids is 1. The monoisotopic (exact) mass is 322 g/mol. The number of nitrogens with one attached hydrogen (secondary N) is 1. The van der Waals surface area contributed by atoms with Crippen molar-refractivity contribution in [2.24, 2.45) is 0 Å². The summed E-state index contributed by atoms with van der Waals surface area (Å²) in [4.78, 5) is 16.7. The smallest absolute Gasteiger partial charge is 0.258 e. The van der Waals surface area contributed by atoms with Crippen LogP contribution >= 0.6 is 23.4 Å². The minimum Gasteiger partial charge on any atom is -0.321 e. The quantitative estimate of drug-likeness (QED) is 0.504. The molecule has 0 radical (unpaired) electrons. The maximum atomic E-state index is 13.2. The highest BCUT2D eigenvalue weighted by Gasteiger charge is 2.14. The maximum Gasteiger partial charge on any atom is 0.258 e. The lowest BCUT2D eigenvalue weighted by Crippen LogP contribution is -2.14. The lowest BCUT2D eigenvalue weighted by molar-refractivity contribution is 0.102. The summed E-state index contributed by atoms with van der Waals surface area (Å²) in [7, 11) is 0. The first-order valence-electron chi connectivity index (χ1n) is 6.07. The van der Waals surface area contributed by atoms with Gasteiger partial charge >= 0.3 is 0 Å². The second-order valence-corrected chi connectivity index (χ2v) is 5.46.